The lowest BCUT2D eigenvalue weighted by molar-refractivity contribution is 0.354. The first-order chi connectivity index (χ1) is 8.85. The fourth-order valence-corrected chi connectivity index (χ4v) is 2.53. The predicted octanol–water partition coefficient (Wildman–Crippen LogP) is 4.15. The SMILES string of the molecule is CCCc1ccc(OCC2=CC3CC3C=C2)cc1. The van der Waals surface area contributed by atoms with Gasteiger partial charge < -0.3 is 4.74 Å². The molecule has 0 amide bonds. The molecule has 2 unspecified atom stereocenters. The molecule has 0 heterocycles. The Bertz CT molecular complexity index is 467. The molecule has 1 nitrogen and oxygen atoms in total. The van der Waals surface area contributed by atoms with Gasteiger partial charge in [0, 0.05) is 0 Å². The van der Waals surface area contributed by atoms with Crippen molar-refractivity contribution >= 4 is 0 Å². The van der Waals surface area contributed by atoms with E-state index in [9.17, 15) is 0 Å². The van der Waals surface area contributed by atoms with E-state index in [-0.39, 0.29) is 0 Å². The molecule has 2 aliphatic carbocycles. The van der Waals surface area contributed by atoms with Crippen molar-refractivity contribution in [3.05, 3.63) is 53.6 Å². The molecule has 1 fully saturated rings. The zero-order valence-corrected chi connectivity index (χ0v) is 10.9. The quantitative estimate of drug-likeness (QED) is 0.751. The average Bonchev–Trinajstić information content (AvgIpc) is 3.17. The van der Waals surface area contributed by atoms with Crippen molar-refractivity contribution in [2.75, 3.05) is 6.61 Å². The Balaban J connectivity index is 1.55. The molecule has 94 valence electrons. The van der Waals surface area contributed by atoms with Crippen LogP contribution in [0.5, 0.6) is 5.75 Å². The first-order valence-corrected chi connectivity index (χ1v) is 6.96. The van der Waals surface area contributed by atoms with Crippen molar-refractivity contribution in [3.8, 4) is 5.75 Å². The van der Waals surface area contributed by atoms with Crippen molar-refractivity contribution in [1.82, 2.24) is 0 Å². The molecule has 1 heteroatoms. The van der Waals surface area contributed by atoms with Gasteiger partial charge in [0.05, 0.1) is 0 Å². The minimum Gasteiger partial charge on any atom is -0.489 e. The molecular formula is C17H20O. The highest BCUT2D eigenvalue weighted by Crippen LogP contribution is 2.44. The molecule has 18 heavy (non-hydrogen) atoms. The monoisotopic (exact) mass is 240 g/mol. The maximum atomic E-state index is 5.83. The molecule has 0 radical (unpaired) electrons. The van der Waals surface area contributed by atoms with E-state index >= 15 is 0 Å². The van der Waals surface area contributed by atoms with Gasteiger partial charge in [-0.25, -0.2) is 0 Å². The molecule has 0 N–H and O–H groups in total. The van der Waals surface area contributed by atoms with E-state index in [0.29, 0.717) is 6.61 Å². The van der Waals surface area contributed by atoms with E-state index in [4.69, 9.17) is 4.74 Å². The standard InChI is InChI=1S/C17H20O/c1-2-3-13-5-8-17(9-6-13)18-12-14-4-7-15-11-16(15)10-14/h4-10,15-16H,2-3,11-12H2,1H3. The summed E-state index contributed by atoms with van der Waals surface area (Å²) in [4.78, 5) is 0. The second-order valence-electron chi connectivity index (χ2n) is 5.35. The van der Waals surface area contributed by atoms with Gasteiger partial charge >= 0.3 is 0 Å². The number of ether oxygens (including phenoxy) is 1. The summed E-state index contributed by atoms with van der Waals surface area (Å²) in [5, 5.41) is 0. The number of rotatable bonds is 5. The Labute approximate surface area is 109 Å². The van der Waals surface area contributed by atoms with Gasteiger partial charge in [-0.05, 0) is 47.9 Å². The van der Waals surface area contributed by atoms with Crippen LogP contribution in [0.3, 0.4) is 0 Å². The molecule has 0 aromatic heterocycles. The first-order valence-electron chi connectivity index (χ1n) is 6.96. The third-order valence-electron chi connectivity index (χ3n) is 3.74. The molecule has 0 aliphatic heterocycles. The molecule has 1 aromatic carbocycles. The Morgan fingerprint density at radius 3 is 2.72 bits per heavy atom. The number of hydrogen-bond acceptors (Lipinski definition) is 1. The van der Waals surface area contributed by atoms with Crippen LogP contribution in [0.25, 0.3) is 0 Å². The van der Waals surface area contributed by atoms with Crippen LogP contribution in [-0.4, -0.2) is 6.61 Å². The van der Waals surface area contributed by atoms with Gasteiger partial charge in [0.25, 0.3) is 0 Å². The number of fused-ring (bicyclic) bond motifs is 1. The number of hydrogen-bond donors (Lipinski definition) is 0. The summed E-state index contributed by atoms with van der Waals surface area (Å²) in [5.74, 6) is 2.62. The van der Waals surface area contributed by atoms with Gasteiger partial charge in [-0.15, -0.1) is 0 Å². The van der Waals surface area contributed by atoms with Crippen molar-refractivity contribution in [2.24, 2.45) is 11.8 Å². The Morgan fingerprint density at radius 1 is 1.17 bits per heavy atom. The lowest BCUT2D eigenvalue weighted by Crippen LogP contribution is -2.02. The highest BCUT2D eigenvalue weighted by molar-refractivity contribution is 5.33. The summed E-state index contributed by atoms with van der Waals surface area (Å²) >= 11 is 0. The molecule has 0 bridgehead atoms. The lowest BCUT2D eigenvalue weighted by Gasteiger charge is -2.09. The minimum atomic E-state index is 0.701. The highest BCUT2D eigenvalue weighted by Gasteiger charge is 2.34. The zero-order chi connectivity index (χ0) is 12.4. The topological polar surface area (TPSA) is 9.23 Å². The van der Waals surface area contributed by atoms with Gasteiger partial charge in [-0.1, -0.05) is 43.7 Å². The summed E-state index contributed by atoms with van der Waals surface area (Å²) in [6.07, 6.45) is 10.6. The predicted molar refractivity (Wildman–Crippen MR) is 74.8 cm³/mol. The molecule has 1 saturated carbocycles. The summed E-state index contributed by atoms with van der Waals surface area (Å²) < 4.78 is 5.83. The van der Waals surface area contributed by atoms with E-state index in [1.165, 1.54) is 24.0 Å². The first kappa shape index (κ1) is 11.6. The third kappa shape index (κ3) is 2.66. The maximum absolute atomic E-state index is 5.83. The highest BCUT2D eigenvalue weighted by atomic mass is 16.5. The van der Waals surface area contributed by atoms with Crippen LogP contribution in [0.1, 0.15) is 25.3 Å². The molecule has 2 atom stereocenters. The molecular weight excluding hydrogens is 220 g/mol. The Kier molecular flexibility index (Phi) is 3.22. The zero-order valence-electron chi connectivity index (χ0n) is 10.9. The van der Waals surface area contributed by atoms with E-state index < -0.39 is 0 Å². The summed E-state index contributed by atoms with van der Waals surface area (Å²) in [7, 11) is 0. The van der Waals surface area contributed by atoms with Crippen molar-refractivity contribution in [2.45, 2.75) is 26.2 Å². The molecule has 2 aliphatic rings. The van der Waals surface area contributed by atoms with Gasteiger partial charge in [-0.2, -0.15) is 0 Å². The van der Waals surface area contributed by atoms with Crippen molar-refractivity contribution < 1.29 is 4.74 Å². The van der Waals surface area contributed by atoms with E-state index in [1.54, 1.807) is 0 Å². The van der Waals surface area contributed by atoms with Crippen LogP contribution in [0.2, 0.25) is 0 Å². The van der Waals surface area contributed by atoms with Gasteiger partial charge in [0.1, 0.15) is 12.4 Å². The van der Waals surface area contributed by atoms with E-state index in [0.717, 1.165) is 24.0 Å². The van der Waals surface area contributed by atoms with Crippen LogP contribution in [0.15, 0.2) is 48.1 Å². The second kappa shape index (κ2) is 5.01. The lowest BCUT2D eigenvalue weighted by atomic mass is 10.1. The van der Waals surface area contributed by atoms with E-state index in [1.807, 2.05) is 0 Å². The summed E-state index contributed by atoms with van der Waals surface area (Å²) in [6, 6.07) is 8.50. The average molecular weight is 240 g/mol. The van der Waals surface area contributed by atoms with Gasteiger partial charge in [0.2, 0.25) is 0 Å². The van der Waals surface area contributed by atoms with Gasteiger partial charge in [-0.3, -0.25) is 0 Å². The molecule has 0 spiro atoms. The van der Waals surface area contributed by atoms with Crippen molar-refractivity contribution in [1.29, 1.82) is 0 Å². The second-order valence-corrected chi connectivity index (χ2v) is 5.35. The van der Waals surface area contributed by atoms with E-state index in [2.05, 4.69) is 49.4 Å². The number of allylic oxidation sites excluding steroid dienone is 2. The largest absolute Gasteiger partial charge is 0.489 e. The molecule has 1 aromatic rings. The van der Waals surface area contributed by atoms with Crippen molar-refractivity contribution in [3.63, 3.8) is 0 Å². The fourth-order valence-electron chi connectivity index (χ4n) is 2.53. The van der Waals surface area contributed by atoms with Crippen LogP contribution >= 0.6 is 0 Å². The van der Waals surface area contributed by atoms with Crippen LogP contribution < -0.4 is 4.74 Å². The molecule has 3 rings (SSSR count). The van der Waals surface area contributed by atoms with Crippen LogP contribution in [0, 0.1) is 11.8 Å². The maximum Gasteiger partial charge on any atom is 0.119 e. The molecule has 0 saturated heterocycles. The Morgan fingerprint density at radius 2 is 2.00 bits per heavy atom. The van der Waals surface area contributed by atoms with Crippen LogP contribution in [-0.2, 0) is 6.42 Å². The third-order valence-corrected chi connectivity index (χ3v) is 3.74. The van der Waals surface area contributed by atoms with Gasteiger partial charge in [0.15, 0.2) is 0 Å². The summed E-state index contributed by atoms with van der Waals surface area (Å²) in [5.41, 5.74) is 2.72. The fraction of sp³-hybridized carbons (Fsp3) is 0.412. The summed E-state index contributed by atoms with van der Waals surface area (Å²) in [6.45, 7) is 2.91. The Hall–Kier alpha value is -1.50. The minimum absolute atomic E-state index is 0.701. The number of aryl methyl sites for hydroxylation is 1. The number of benzene rings is 1. The normalized spacial score (nSPS) is 24.4. The van der Waals surface area contributed by atoms with Crippen LogP contribution in [0.4, 0.5) is 0 Å². The smallest absolute Gasteiger partial charge is 0.119 e.